The molecule has 1 aromatic rings. The van der Waals surface area contributed by atoms with E-state index in [2.05, 4.69) is 9.88 Å². The molecule has 20 heavy (non-hydrogen) atoms. The molecule has 6 nitrogen and oxygen atoms in total. The third-order valence-electron chi connectivity index (χ3n) is 3.35. The van der Waals surface area contributed by atoms with Gasteiger partial charge in [0.15, 0.2) is 0 Å². The number of ether oxygens (including phenoxy) is 2. The summed E-state index contributed by atoms with van der Waals surface area (Å²) >= 11 is 0. The second-order valence-corrected chi connectivity index (χ2v) is 4.85. The summed E-state index contributed by atoms with van der Waals surface area (Å²) in [5.74, 6) is -0.282. The van der Waals surface area contributed by atoms with Crippen LogP contribution in [0.2, 0.25) is 0 Å². The summed E-state index contributed by atoms with van der Waals surface area (Å²) in [6, 6.07) is 5.74. The van der Waals surface area contributed by atoms with E-state index in [1.807, 2.05) is 18.2 Å². The van der Waals surface area contributed by atoms with Crippen LogP contribution in [0.15, 0.2) is 18.2 Å². The molecular formula is C14H20N2O4. The molecule has 1 aliphatic heterocycles. The predicted molar refractivity (Wildman–Crippen MR) is 72.7 cm³/mol. The molecule has 1 aromatic heterocycles. The van der Waals surface area contributed by atoms with E-state index in [9.17, 15) is 4.79 Å². The van der Waals surface area contributed by atoms with Crippen LogP contribution in [0.4, 0.5) is 0 Å². The maximum Gasteiger partial charge on any atom is 0.329 e. The maximum absolute atomic E-state index is 10.5. The van der Waals surface area contributed by atoms with E-state index in [1.54, 1.807) is 7.11 Å². The number of piperidine rings is 1. The average Bonchev–Trinajstić information content (AvgIpc) is 2.47. The maximum atomic E-state index is 10.5. The molecule has 0 aliphatic carbocycles. The molecule has 0 bridgehead atoms. The average molecular weight is 280 g/mol. The van der Waals surface area contributed by atoms with Gasteiger partial charge in [0.1, 0.15) is 6.61 Å². The van der Waals surface area contributed by atoms with Crippen LogP contribution >= 0.6 is 0 Å². The van der Waals surface area contributed by atoms with Crippen molar-refractivity contribution in [2.75, 3.05) is 26.8 Å². The predicted octanol–water partition coefficient (Wildman–Crippen LogP) is 1.16. The van der Waals surface area contributed by atoms with Crippen molar-refractivity contribution in [1.82, 2.24) is 9.88 Å². The Morgan fingerprint density at radius 3 is 2.85 bits per heavy atom. The van der Waals surface area contributed by atoms with Gasteiger partial charge >= 0.3 is 5.97 Å². The SMILES string of the molecule is COc1cccc(CN2CCC(OCC(=O)O)CC2)n1. The van der Waals surface area contributed by atoms with Gasteiger partial charge in [-0.2, -0.15) is 0 Å². The van der Waals surface area contributed by atoms with Crippen molar-refractivity contribution in [1.29, 1.82) is 0 Å². The van der Waals surface area contributed by atoms with Gasteiger partial charge in [-0.25, -0.2) is 9.78 Å². The molecule has 0 atom stereocenters. The Labute approximate surface area is 118 Å². The summed E-state index contributed by atoms with van der Waals surface area (Å²) in [7, 11) is 1.61. The van der Waals surface area contributed by atoms with Gasteiger partial charge in [0.05, 0.1) is 18.9 Å². The number of carboxylic acids is 1. The molecule has 0 amide bonds. The van der Waals surface area contributed by atoms with Gasteiger partial charge in [-0.3, -0.25) is 4.90 Å². The van der Waals surface area contributed by atoms with Gasteiger partial charge in [0.2, 0.25) is 5.88 Å². The van der Waals surface area contributed by atoms with E-state index in [1.165, 1.54) is 0 Å². The van der Waals surface area contributed by atoms with Crippen molar-refractivity contribution in [3.05, 3.63) is 23.9 Å². The summed E-state index contributed by atoms with van der Waals surface area (Å²) < 4.78 is 10.4. The van der Waals surface area contributed by atoms with Crippen LogP contribution in [0, 0.1) is 0 Å². The Hall–Kier alpha value is -1.66. The molecule has 2 heterocycles. The van der Waals surface area contributed by atoms with Gasteiger partial charge in [-0.1, -0.05) is 6.07 Å². The van der Waals surface area contributed by atoms with Crippen molar-refractivity contribution in [2.24, 2.45) is 0 Å². The zero-order valence-electron chi connectivity index (χ0n) is 11.6. The fourth-order valence-electron chi connectivity index (χ4n) is 2.31. The molecule has 0 spiro atoms. The molecular weight excluding hydrogens is 260 g/mol. The number of nitrogens with zero attached hydrogens (tertiary/aromatic N) is 2. The number of carboxylic acid groups (broad SMARTS) is 1. The molecule has 1 saturated heterocycles. The highest BCUT2D eigenvalue weighted by molar-refractivity contribution is 5.68. The second kappa shape index (κ2) is 7.21. The molecule has 0 saturated carbocycles. The first-order chi connectivity index (χ1) is 9.67. The zero-order chi connectivity index (χ0) is 14.4. The minimum atomic E-state index is -0.909. The minimum Gasteiger partial charge on any atom is -0.481 e. The molecule has 110 valence electrons. The first-order valence-electron chi connectivity index (χ1n) is 6.73. The van der Waals surface area contributed by atoms with Gasteiger partial charge in [0, 0.05) is 25.7 Å². The highest BCUT2D eigenvalue weighted by Gasteiger charge is 2.20. The van der Waals surface area contributed by atoms with Crippen molar-refractivity contribution >= 4 is 5.97 Å². The first kappa shape index (κ1) is 14.7. The van der Waals surface area contributed by atoms with Crippen LogP contribution < -0.4 is 4.74 Å². The standard InChI is InChI=1S/C14H20N2O4/c1-19-13-4-2-3-11(15-13)9-16-7-5-12(6-8-16)20-10-14(17)18/h2-4,12H,5-10H2,1H3,(H,17,18). The highest BCUT2D eigenvalue weighted by atomic mass is 16.5. The topological polar surface area (TPSA) is 71.9 Å². The van der Waals surface area contributed by atoms with Gasteiger partial charge < -0.3 is 14.6 Å². The normalized spacial score (nSPS) is 17.1. The highest BCUT2D eigenvalue weighted by Crippen LogP contribution is 2.16. The van der Waals surface area contributed by atoms with E-state index in [0.717, 1.165) is 38.2 Å². The third-order valence-corrected chi connectivity index (χ3v) is 3.35. The Balaban J connectivity index is 1.77. The van der Waals surface area contributed by atoms with E-state index in [4.69, 9.17) is 14.6 Å². The van der Waals surface area contributed by atoms with Crippen molar-refractivity contribution in [3.63, 3.8) is 0 Å². The number of hydrogen-bond acceptors (Lipinski definition) is 5. The van der Waals surface area contributed by atoms with Gasteiger partial charge in [-0.05, 0) is 18.9 Å². The van der Waals surface area contributed by atoms with Crippen LogP contribution in [-0.4, -0.2) is 53.9 Å². The number of carbonyl (C=O) groups is 1. The van der Waals surface area contributed by atoms with Crippen LogP contribution in [0.1, 0.15) is 18.5 Å². The fourth-order valence-corrected chi connectivity index (χ4v) is 2.31. The Morgan fingerprint density at radius 1 is 1.45 bits per heavy atom. The van der Waals surface area contributed by atoms with Crippen molar-refractivity contribution in [2.45, 2.75) is 25.5 Å². The number of aliphatic carboxylic acids is 1. The van der Waals surface area contributed by atoms with E-state index < -0.39 is 5.97 Å². The summed E-state index contributed by atoms with van der Waals surface area (Å²) in [4.78, 5) is 17.1. The smallest absolute Gasteiger partial charge is 0.329 e. The Kier molecular flexibility index (Phi) is 5.31. The molecule has 6 heteroatoms. The number of rotatable bonds is 6. The minimum absolute atomic E-state index is 0.0561. The van der Waals surface area contributed by atoms with Crippen LogP contribution in [-0.2, 0) is 16.1 Å². The van der Waals surface area contributed by atoms with Crippen molar-refractivity contribution in [3.8, 4) is 5.88 Å². The number of aromatic nitrogens is 1. The van der Waals surface area contributed by atoms with Crippen molar-refractivity contribution < 1.29 is 19.4 Å². The van der Waals surface area contributed by atoms with E-state index in [-0.39, 0.29) is 12.7 Å². The Morgan fingerprint density at radius 2 is 2.20 bits per heavy atom. The fraction of sp³-hybridized carbons (Fsp3) is 0.571. The van der Waals surface area contributed by atoms with E-state index >= 15 is 0 Å². The largest absolute Gasteiger partial charge is 0.481 e. The second-order valence-electron chi connectivity index (χ2n) is 4.85. The summed E-state index contributed by atoms with van der Waals surface area (Å²) in [6.07, 6.45) is 1.77. The molecule has 2 rings (SSSR count). The number of hydrogen-bond donors (Lipinski definition) is 1. The lowest BCUT2D eigenvalue weighted by atomic mass is 10.1. The summed E-state index contributed by atoms with van der Waals surface area (Å²) in [5.41, 5.74) is 0.981. The molecule has 1 fully saturated rings. The Bertz CT molecular complexity index is 445. The van der Waals surface area contributed by atoms with Crippen LogP contribution in [0.3, 0.4) is 0 Å². The zero-order valence-corrected chi connectivity index (χ0v) is 11.6. The number of methoxy groups -OCH3 is 1. The van der Waals surface area contributed by atoms with Gasteiger partial charge in [0.25, 0.3) is 0 Å². The van der Waals surface area contributed by atoms with E-state index in [0.29, 0.717) is 5.88 Å². The number of pyridine rings is 1. The third kappa shape index (κ3) is 4.47. The van der Waals surface area contributed by atoms with Crippen LogP contribution in [0.5, 0.6) is 5.88 Å². The summed E-state index contributed by atoms with van der Waals surface area (Å²) in [6.45, 7) is 2.36. The lowest BCUT2D eigenvalue weighted by Gasteiger charge is -2.31. The van der Waals surface area contributed by atoms with Gasteiger partial charge in [-0.15, -0.1) is 0 Å². The molecule has 1 aliphatic rings. The first-order valence-corrected chi connectivity index (χ1v) is 6.73. The molecule has 0 radical (unpaired) electrons. The molecule has 0 unspecified atom stereocenters. The van der Waals surface area contributed by atoms with Crippen LogP contribution in [0.25, 0.3) is 0 Å². The monoisotopic (exact) mass is 280 g/mol. The lowest BCUT2D eigenvalue weighted by molar-refractivity contribution is -0.145. The lowest BCUT2D eigenvalue weighted by Crippen LogP contribution is -2.37. The quantitative estimate of drug-likeness (QED) is 0.843. The number of likely N-dealkylation sites (tertiary alicyclic amines) is 1. The molecule has 1 N–H and O–H groups in total. The summed E-state index contributed by atoms with van der Waals surface area (Å²) in [5, 5.41) is 8.58. The molecule has 0 aromatic carbocycles.